The molecule has 3 fully saturated rings. The lowest BCUT2D eigenvalue weighted by Gasteiger charge is -2.46. The highest BCUT2D eigenvalue weighted by Crippen LogP contribution is 2.26. The molecule has 1 aromatic rings. The van der Waals surface area contributed by atoms with Gasteiger partial charge in [-0.25, -0.2) is 9.18 Å². The molecule has 2 atom stereocenters. The molecule has 0 bridgehead atoms. The SMILES string of the molecule is Cc1cccc(F)c1CCC1CN(C(=O)N2CC[C@@H]3OCC(=O)N[C@@H]3C2)C1. The Balaban J connectivity index is 1.25. The minimum absolute atomic E-state index is 0.0138. The van der Waals surface area contributed by atoms with Crippen LogP contribution in [0.3, 0.4) is 0 Å². The van der Waals surface area contributed by atoms with Crippen LogP contribution >= 0.6 is 0 Å². The summed E-state index contributed by atoms with van der Waals surface area (Å²) in [6.07, 6.45) is 2.36. The number of nitrogens with one attached hydrogen (secondary N) is 1. The van der Waals surface area contributed by atoms with Crippen LogP contribution in [0.1, 0.15) is 24.0 Å². The van der Waals surface area contributed by atoms with Crippen molar-refractivity contribution < 1.29 is 18.7 Å². The summed E-state index contributed by atoms with van der Waals surface area (Å²) < 4.78 is 19.5. The number of hydrogen-bond donors (Lipinski definition) is 1. The van der Waals surface area contributed by atoms with Crippen LogP contribution in [0.25, 0.3) is 0 Å². The average molecular weight is 375 g/mol. The number of rotatable bonds is 3. The molecule has 27 heavy (non-hydrogen) atoms. The van der Waals surface area contributed by atoms with Crippen LogP contribution in [-0.4, -0.2) is 66.7 Å². The molecule has 4 rings (SSSR count). The highest BCUT2D eigenvalue weighted by molar-refractivity contribution is 5.79. The first-order valence-electron chi connectivity index (χ1n) is 9.70. The molecule has 0 radical (unpaired) electrons. The molecule has 1 aromatic carbocycles. The second kappa shape index (κ2) is 7.46. The molecule has 146 valence electrons. The van der Waals surface area contributed by atoms with Crippen molar-refractivity contribution in [3.63, 3.8) is 0 Å². The summed E-state index contributed by atoms with van der Waals surface area (Å²) in [5, 5.41) is 2.92. The number of ether oxygens (including phenoxy) is 1. The molecule has 7 heteroatoms. The number of fused-ring (bicyclic) bond motifs is 1. The van der Waals surface area contributed by atoms with Crippen LogP contribution in [0.4, 0.5) is 9.18 Å². The third-order valence-corrected chi connectivity index (χ3v) is 5.98. The van der Waals surface area contributed by atoms with Gasteiger partial charge in [0.15, 0.2) is 0 Å². The van der Waals surface area contributed by atoms with Gasteiger partial charge in [-0.2, -0.15) is 0 Å². The van der Waals surface area contributed by atoms with Crippen LogP contribution in [0, 0.1) is 18.7 Å². The van der Waals surface area contributed by atoms with Gasteiger partial charge in [-0.3, -0.25) is 4.79 Å². The van der Waals surface area contributed by atoms with E-state index in [0.717, 1.165) is 37.1 Å². The van der Waals surface area contributed by atoms with E-state index < -0.39 is 0 Å². The number of amides is 3. The van der Waals surface area contributed by atoms with Gasteiger partial charge in [0.1, 0.15) is 12.4 Å². The molecular formula is C20H26FN3O3. The molecule has 3 heterocycles. The Labute approximate surface area is 158 Å². The maximum Gasteiger partial charge on any atom is 0.320 e. The topological polar surface area (TPSA) is 61.9 Å². The van der Waals surface area contributed by atoms with E-state index in [1.165, 1.54) is 6.07 Å². The number of piperidine rings is 1. The van der Waals surface area contributed by atoms with Crippen LogP contribution in [0.2, 0.25) is 0 Å². The Hall–Kier alpha value is -2.15. The van der Waals surface area contributed by atoms with Gasteiger partial charge < -0.3 is 19.9 Å². The van der Waals surface area contributed by atoms with E-state index in [9.17, 15) is 14.0 Å². The van der Waals surface area contributed by atoms with Crippen LogP contribution < -0.4 is 5.32 Å². The number of hydrogen-bond acceptors (Lipinski definition) is 3. The summed E-state index contributed by atoms with van der Waals surface area (Å²) >= 11 is 0. The average Bonchev–Trinajstić information content (AvgIpc) is 2.61. The number of carbonyl (C=O) groups excluding carboxylic acids is 2. The van der Waals surface area contributed by atoms with Gasteiger partial charge in [-0.15, -0.1) is 0 Å². The fraction of sp³-hybridized carbons (Fsp3) is 0.600. The molecule has 0 aromatic heterocycles. The molecule has 3 aliphatic heterocycles. The van der Waals surface area contributed by atoms with Crippen molar-refractivity contribution >= 4 is 11.9 Å². The molecule has 0 unspecified atom stereocenters. The van der Waals surface area contributed by atoms with Gasteiger partial charge in [-0.05, 0) is 49.3 Å². The van der Waals surface area contributed by atoms with E-state index in [0.29, 0.717) is 25.4 Å². The quantitative estimate of drug-likeness (QED) is 0.875. The largest absolute Gasteiger partial charge is 0.366 e. The number of nitrogens with zero attached hydrogens (tertiary/aromatic N) is 2. The predicted octanol–water partition coefficient (Wildman–Crippen LogP) is 1.71. The summed E-state index contributed by atoms with van der Waals surface area (Å²) in [6.45, 7) is 4.66. The van der Waals surface area contributed by atoms with Crippen LogP contribution in [0.15, 0.2) is 18.2 Å². The maximum atomic E-state index is 13.9. The van der Waals surface area contributed by atoms with Gasteiger partial charge in [0, 0.05) is 26.2 Å². The second-order valence-corrected chi connectivity index (χ2v) is 7.89. The summed E-state index contributed by atoms with van der Waals surface area (Å²) in [5.74, 6) is 0.170. The second-order valence-electron chi connectivity index (χ2n) is 7.89. The fourth-order valence-corrected chi connectivity index (χ4v) is 4.31. The molecule has 3 amide bonds. The summed E-state index contributed by atoms with van der Waals surface area (Å²) in [6, 6.07) is 5.11. The zero-order chi connectivity index (χ0) is 19.0. The van der Waals surface area contributed by atoms with E-state index in [1.807, 2.05) is 22.8 Å². The normalized spacial score (nSPS) is 25.6. The number of carbonyl (C=O) groups is 2. The zero-order valence-electron chi connectivity index (χ0n) is 15.6. The lowest BCUT2D eigenvalue weighted by atomic mass is 9.91. The molecule has 0 saturated carbocycles. The number of aryl methyl sites for hydroxylation is 1. The van der Waals surface area contributed by atoms with Crippen molar-refractivity contribution in [1.29, 1.82) is 0 Å². The van der Waals surface area contributed by atoms with Gasteiger partial charge >= 0.3 is 6.03 Å². The molecular weight excluding hydrogens is 349 g/mol. The minimum Gasteiger partial charge on any atom is -0.366 e. The van der Waals surface area contributed by atoms with Gasteiger partial charge in [0.05, 0.1) is 12.1 Å². The van der Waals surface area contributed by atoms with Gasteiger partial charge in [0.25, 0.3) is 0 Å². The van der Waals surface area contributed by atoms with Crippen molar-refractivity contribution in [2.45, 2.75) is 38.3 Å². The van der Waals surface area contributed by atoms with E-state index in [1.54, 1.807) is 6.07 Å². The van der Waals surface area contributed by atoms with Crippen molar-refractivity contribution in [1.82, 2.24) is 15.1 Å². The summed E-state index contributed by atoms with van der Waals surface area (Å²) in [7, 11) is 0. The lowest BCUT2D eigenvalue weighted by Crippen LogP contribution is -2.64. The Morgan fingerprint density at radius 1 is 1.30 bits per heavy atom. The number of urea groups is 1. The van der Waals surface area contributed by atoms with E-state index >= 15 is 0 Å². The third-order valence-electron chi connectivity index (χ3n) is 5.98. The molecule has 0 aliphatic carbocycles. The van der Waals surface area contributed by atoms with E-state index in [4.69, 9.17) is 4.74 Å². The highest BCUT2D eigenvalue weighted by Gasteiger charge is 2.39. The molecule has 6 nitrogen and oxygen atoms in total. The molecule has 1 N–H and O–H groups in total. The van der Waals surface area contributed by atoms with Gasteiger partial charge in [0.2, 0.25) is 5.91 Å². The van der Waals surface area contributed by atoms with Gasteiger partial charge in [-0.1, -0.05) is 12.1 Å². The molecule has 3 saturated heterocycles. The van der Waals surface area contributed by atoms with E-state index in [2.05, 4.69) is 5.32 Å². The van der Waals surface area contributed by atoms with E-state index in [-0.39, 0.29) is 36.5 Å². The Bertz CT molecular complexity index is 715. The number of likely N-dealkylation sites (tertiary alicyclic amines) is 2. The fourth-order valence-electron chi connectivity index (χ4n) is 4.31. The maximum absolute atomic E-state index is 13.9. The minimum atomic E-state index is -0.137. The smallest absolute Gasteiger partial charge is 0.320 e. The first-order chi connectivity index (χ1) is 13.0. The Morgan fingerprint density at radius 3 is 2.89 bits per heavy atom. The Kier molecular flexibility index (Phi) is 5.04. The van der Waals surface area contributed by atoms with Crippen molar-refractivity contribution in [2.75, 3.05) is 32.8 Å². The van der Waals surface area contributed by atoms with Crippen molar-refractivity contribution in [3.05, 3.63) is 35.1 Å². The highest BCUT2D eigenvalue weighted by atomic mass is 19.1. The standard InChI is InChI=1S/C20H26FN3O3/c1-13-3-2-4-16(21)15(13)6-5-14-9-24(10-14)20(26)23-8-7-18-17(11-23)22-19(25)12-27-18/h2-4,14,17-18H,5-12H2,1H3,(H,22,25)/t17-,18+/m1/s1. The zero-order valence-corrected chi connectivity index (χ0v) is 15.6. The monoisotopic (exact) mass is 375 g/mol. The molecule has 0 spiro atoms. The number of morpholine rings is 1. The number of halogens is 1. The third kappa shape index (κ3) is 3.78. The number of benzene rings is 1. The molecule has 3 aliphatic rings. The predicted molar refractivity (Wildman–Crippen MR) is 97.8 cm³/mol. The van der Waals surface area contributed by atoms with Crippen LogP contribution in [0.5, 0.6) is 0 Å². The summed E-state index contributed by atoms with van der Waals surface area (Å²) in [4.78, 5) is 27.9. The lowest BCUT2D eigenvalue weighted by molar-refractivity contribution is -0.139. The summed E-state index contributed by atoms with van der Waals surface area (Å²) in [5.41, 5.74) is 1.78. The van der Waals surface area contributed by atoms with Crippen molar-refractivity contribution in [3.8, 4) is 0 Å². The Morgan fingerprint density at radius 2 is 2.11 bits per heavy atom. The van der Waals surface area contributed by atoms with Crippen LogP contribution in [-0.2, 0) is 16.0 Å². The van der Waals surface area contributed by atoms with Crippen molar-refractivity contribution in [2.24, 2.45) is 5.92 Å². The first kappa shape index (κ1) is 18.2. The first-order valence-corrected chi connectivity index (χ1v) is 9.70.